The van der Waals surface area contributed by atoms with Crippen molar-refractivity contribution >= 4 is 51.8 Å². The second-order valence-electron chi connectivity index (χ2n) is 8.59. The van der Waals surface area contributed by atoms with Gasteiger partial charge in [-0.15, -0.1) is 0 Å². The summed E-state index contributed by atoms with van der Waals surface area (Å²) in [4.78, 5) is 18.2. The van der Waals surface area contributed by atoms with Gasteiger partial charge in [-0.1, -0.05) is 29.3 Å². The van der Waals surface area contributed by atoms with E-state index >= 15 is 0 Å². The number of phenolic OH excluding ortho intramolecular Hbond substituents is 1. The van der Waals surface area contributed by atoms with Crippen molar-refractivity contribution in [2.45, 2.75) is 18.9 Å². The Morgan fingerprint density at radius 1 is 1.18 bits per heavy atom. The molecule has 1 aliphatic heterocycles. The lowest BCUT2D eigenvalue weighted by atomic mass is 10.0. The predicted octanol–water partition coefficient (Wildman–Crippen LogP) is 5.47. The van der Waals surface area contributed by atoms with Gasteiger partial charge >= 0.3 is 0 Å². The molecule has 4 aromatic rings. The molecule has 0 spiro atoms. The average Bonchev–Trinajstić information content (AvgIpc) is 3.47. The normalized spacial score (nSPS) is 16.3. The zero-order valence-electron chi connectivity index (χ0n) is 18.5. The summed E-state index contributed by atoms with van der Waals surface area (Å²) >= 11 is 12.3. The number of likely N-dealkylation sites (tertiary alicyclic amines) is 1. The fourth-order valence-electron chi connectivity index (χ4n) is 4.41. The third-order valence-corrected chi connectivity index (χ3v) is 6.79. The number of aromatic hydroxyl groups is 1. The Morgan fingerprint density at radius 2 is 1.97 bits per heavy atom. The SMILES string of the molecule is CN1CCC(n2cc(Nc3c(CC=O)cnc4ccc(-c5cc(Cl)c(O)c(Cl)c5)cc34)cn2)C1. The number of nitrogens with one attached hydrogen (secondary N) is 1. The van der Waals surface area contributed by atoms with Crippen LogP contribution in [0, 0.1) is 0 Å². The third-order valence-electron chi connectivity index (χ3n) is 6.21. The fraction of sp³-hybridized carbons (Fsp3) is 0.240. The molecule has 9 heteroatoms. The Bertz CT molecular complexity index is 1360. The highest BCUT2D eigenvalue weighted by Crippen LogP contribution is 2.38. The van der Waals surface area contributed by atoms with Crippen LogP contribution < -0.4 is 5.32 Å². The molecule has 3 heterocycles. The van der Waals surface area contributed by atoms with Crippen LogP contribution in [0.15, 0.2) is 48.9 Å². The minimum absolute atomic E-state index is 0.143. The van der Waals surface area contributed by atoms with Gasteiger partial charge in [-0.25, -0.2) is 0 Å². The third kappa shape index (κ3) is 4.34. The van der Waals surface area contributed by atoms with Crippen LogP contribution in [0.25, 0.3) is 22.0 Å². The first-order chi connectivity index (χ1) is 16.4. The van der Waals surface area contributed by atoms with Crippen molar-refractivity contribution in [2.24, 2.45) is 0 Å². The number of benzene rings is 2. The van der Waals surface area contributed by atoms with Gasteiger partial charge in [-0.3, -0.25) is 9.67 Å². The zero-order valence-corrected chi connectivity index (χ0v) is 20.0. The minimum atomic E-state index is -0.143. The average molecular weight is 496 g/mol. The second kappa shape index (κ2) is 9.25. The number of phenols is 1. The van der Waals surface area contributed by atoms with Gasteiger partial charge in [0, 0.05) is 36.3 Å². The van der Waals surface area contributed by atoms with E-state index < -0.39 is 0 Å². The zero-order chi connectivity index (χ0) is 23.8. The lowest BCUT2D eigenvalue weighted by Gasteiger charge is -2.14. The maximum atomic E-state index is 11.4. The molecule has 1 fully saturated rings. The van der Waals surface area contributed by atoms with E-state index in [2.05, 4.69) is 27.3 Å². The number of hydrogen-bond donors (Lipinski definition) is 2. The summed E-state index contributed by atoms with van der Waals surface area (Å²) < 4.78 is 2.00. The van der Waals surface area contributed by atoms with Crippen molar-refractivity contribution in [1.82, 2.24) is 19.7 Å². The van der Waals surface area contributed by atoms with Crippen LogP contribution in [-0.4, -0.2) is 51.2 Å². The molecule has 5 rings (SSSR count). The van der Waals surface area contributed by atoms with E-state index in [1.54, 1.807) is 24.5 Å². The molecule has 2 N–H and O–H groups in total. The number of carbonyl (C=O) groups is 1. The van der Waals surface area contributed by atoms with Gasteiger partial charge < -0.3 is 20.1 Å². The highest BCUT2D eigenvalue weighted by Gasteiger charge is 2.22. The van der Waals surface area contributed by atoms with E-state index in [1.165, 1.54) is 0 Å². The van der Waals surface area contributed by atoms with E-state index in [4.69, 9.17) is 23.2 Å². The van der Waals surface area contributed by atoms with Crippen LogP contribution >= 0.6 is 23.2 Å². The number of rotatable bonds is 6. The Labute approximate surface area is 206 Å². The van der Waals surface area contributed by atoms with Crippen molar-refractivity contribution in [1.29, 1.82) is 0 Å². The highest BCUT2D eigenvalue weighted by molar-refractivity contribution is 6.37. The Kier molecular flexibility index (Phi) is 6.16. The molecule has 0 amide bonds. The van der Waals surface area contributed by atoms with Crippen molar-refractivity contribution in [3.8, 4) is 16.9 Å². The van der Waals surface area contributed by atoms with Crippen LogP contribution in [-0.2, 0) is 11.2 Å². The number of fused-ring (bicyclic) bond motifs is 1. The Balaban J connectivity index is 1.57. The monoisotopic (exact) mass is 495 g/mol. The fourth-order valence-corrected chi connectivity index (χ4v) is 4.90. The van der Waals surface area contributed by atoms with Crippen molar-refractivity contribution in [2.75, 3.05) is 25.5 Å². The molecule has 174 valence electrons. The van der Waals surface area contributed by atoms with E-state index in [-0.39, 0.29) is 22.2 Å². The van der Waals surface area contributed by atoms with Crippen molar-refractivity contribution in [3.05, 3.63) is 64.5 Å². The van der Waals surface area contributed by atoms with E-state index in [9.17, 15) is 9.90 Å². The summed E-state index contributed by atoms with van der Waals surface area (Å²) in [5.41, 5.74) is 4.83. The summed E-state index contributed by atoms with van der Waals surface area (Å²) in [6.45, 7) is 2.02. The number of carbonyl (C=O) groups excluding carboxylic acids is 1. The maximum absolute atomic E-state index is 11.4. The van der Waals surface area contributed by atoms with E-state index in [0.29, 0.717) is 6.04 Å². The van der Waals surface area contributed by atoms with Gasteiger partial charge in [0.15, 0.2) is 5.75 Å². The molecule has 0 aliphatic carbocycles. The first-order valence-corrected chi connectivity index (χ1v) is 11.7. The number of aldehydes is 1. The standard InChI is InChI=1S/C25H23Cl2N5O2/c1-31-6-4-19(14-31)32-13-18(12-29-32)30-24-16(5-7-33)11-28-23-3-2-15(8-20(23)24)17-9-21(26)25(34)22(27)10-17/h2-3,7-13,19,34H,4-6,14H2,1H3,(H,28,30). The molecular formula is C25H23Cl2N5O2. The van der Waals surface area contributed by atoms with Crippen LogP contribution in [0.3, 0.4) is 0 Å². The summed E-state index contributed by atoms with van der Waals surface area (Å²) in [6, 6.07) is 9.50. The van der Waals surface area contributed by atoms with Crippen molar-refractivity contribution < 1.29 is 9.90 Å². The first-order valence-electron chi connectivity index (χ1n) is 11.0. The molecule has 1 aliphatic rings. The Hall–Kier alpha value is -3.13. The number of halogens is 2. The molecular weight excluding hydrogens is 473 g/mol. The second-order valence-corrected chi connectivity index (χ2v) is 9.40. The topological polar surface area (TPSA) is 83.3 Å². The number of hydrogen-bond acceptors (Lipinski definition) is 6. The van der Waals surface area contributed by atoms with Crippen LogP contribution in [0.1, 0.15) is 18.0 Å². The maximum Gasteiger partial charge on any atom is 0.152 e. The molecule has 2 aromatic heterocycles. The number of anilines is 2. The quantitative estimate of drug-likeness (QED) is 0.345. The van der Waals surface area contributed by atoms with E-state index in [1.807, 2.05) is 29.1 Å². The molecule has 2 aromatic carbocycles. The lowest BCUT2D eigenvalue weighted by Crippen LogP contribution is -2.16. The number of pyridine rings is 1. The van der Waals surface area contributed by atoms with Gasteiger partial charge in [-0.05, 0) is 55.4 Å². The number of nitrogens with zero attached hydrogens (tertiary/aromatic N) is 4. The molecule has 1 saturated heterocycles. The molecule has 0 bridgehead atoms. The summed E-state index contributed by atoms with van der Waals surface area (Å²) in [7, 11) is 2.11. The minimum Gasteiger partial charge on any atom is -0.505 e. The van der Waals surface area contributed by atoms with Gasteiger partial charge in [0.1, 0.15) is 6.29 Å². The molecule has 1 atom stereocenters. The summed E-state index contributed by atoms with van der Waals surface area (Å²) in [5.74, 6) is -0.143. The summed E-state index contributed by atoms with van der Waals surface area (Å²) in [5, 5.41) is 19.2. The molecule has 7 nitrogen and oxygen atoms in total. The molecule has 0 saturated carbocycles. The van der Waals surface area contributed by atoms with E-state index in [0.717, 1.165) is 64.8 Å². The van der Waals surface area contributed by atoms with Gasteiger partial charge in [0.2, 0.25) is 0 Å². The smallest absolute Gasteiger partial charge is 0.152 e. The van der Waals surface area contributed by atoms with Crippen LogP contribution in [0.2, 0.25) is 10.0 Å². The largest absolute Gasteiger partial charge is 0.505 e. The number of likely N-dealkylation sites (N-methyl/N-ethyl adjacent to an activating group) is 1. The van der Waals surface area contributed by atoms with Crippen LogP contribution in [0.5, 0.6) is 5.75 Å². The predicted molar refractivity (Wildman–Crippen MR) is 135 cm³/mol. The van der Waals surface area contributed by atoms with Gasteiger partial charge in [-0.2, -0.15) is 5.10 Å². The summed E-state index contributed by atoms with van der Waals surface area (Å²) in [6.07, 6.45) is 7.70. The first kappa shape index (κ1) is 22.7. The molecule has 0 radical (unpaired) electrons. The van der Waals surface area contributed by atoms with Gasteiger partial charge in [0.25, 0.3) is 0 Å². The lowest BCUT2D eigenvalue weighted by molar-refractivity contribution is -0.107. The van der Waals surface area contributed by atoms with Gasteiger partial charge in [0.05, 0.1) is 39.2 Å². The molecule has 1 unspecified atom stereocenters. The Morgan fingerprint density at radius 3 is 2.68 bits per heavy atom. The number of aromatic nitrogens is 3. The molecule has 34 heavy (non-hydrogen) atoms. The highest BCUT2D eigenvalue weighted by atomic mass is 35.5. The van der Waals surface area contributed by atoms with Crippen LogP contribution in [0.4, 0.5) is 11.4 Å². The van der Waals surface area contributed by atoms with Crippen molar-refractivity contribution in [3.63, 3.8) is 0 Å².